The van der Waals surface area contributed by atoms with E-state index in [-0.39, 0.29) is 29.8 Å². The second kappa shape index (κ2) is 10.0. The van der Waals surface area contributed by atoms with Gasteiger partial charge in [-0.1, -0.05) is 30.3 Å². The Hall–Kier alpha value is -2.45. The number of nitrogens with one attached hydrogen (secondary N) is 1. The molecule has 0 atom stereocenters. The lowest BCUT2D eigenvalue weighted by molar-refractivity contribution is -0.126. The number of amides is 1. The van der Waals surface area contributed by atoms with Crippen LogP contribution >= 0.6 is 0 Å². The molecule has 6 nitrogen and oxygen atoms in total. The molecule has 0 bridgehead atoms. The summed E-state index contributed by atoms with van der Waals surface area (Å²) in [6.45, 7) is 1.82. The van der Waals surface area contributed by atoms with Crippen LogP contribution in [-0.2, 0) is 14.8 Å². The third kappa shape index (κ3) is 5.37. The fraction of sp³-hybridized carbons (Fsp3) is 0.409. The summed E-state index contributed by atoms with van der Waals surface area (Å²) in [6, 6.07) is 15.4. The largest absolute Gasteiger partial charge is 0.375 e. The fourth-order valence-corrected chi connectivity index (χ4v) is 5.17. The number of halogens is 1. The quantitative estimate of drug-likeness (QED) is 0.650. The maximum atomic E-state index is 13.9. The Labute approximate surface area is 177 Å². The van der Waals surface area contributed by atoms with Gasteiger partial charge in [-0.25, -0.2) is 12.8 Å². The number of anilines is 1. The number of sulfonamides is 1. The molecule has 1 aliphatic rings. The molecule has 1 N–H and O–H groups in total. The van der Waals surface area contributed by atoms with Gasteiger partial charge in [0.05, 0.1) is 0 Å². The van der Waals surface area contributed by atoms with Crippen molar-refractivity contribution in [2.24, 2.45) is 5.92 Å². The molecular formula is C22H28FN3O3S. The summed E-state index contributed by atoms with van der Waals surface area (Å²) >= 11 is 0. The number of benzene rings is 2. The fourth-order valence-electron chi connectivity index (χ4n) is 3.64. The van der Waals surface area contributed by atoms with Crippen LogP contribution in [0.2, 0.25) is 0 Å². The monoisotopic (exact) mass is 433 g/mol. The van der Waals surface area contributed by atoms with Gasteiger partial charge in [-0.05, 0) is 43.5 Å². The molecule has 8 heteroatoms. The van der Waals surface area contributed by atoms with E-state index in [1.807, 2.05) is 37.4 Å². The Morgan fingerprint density at radius 1 is 1.10 bits per heavy atom. The average Bonchev–Trinajstić information content (AvgIpc) is 2.77. The maximum Gasteiger partial charge on any atom is 0.245 e. The Morgan fingerprint density at radius 2 is 1.73 bits per heavy atom. The summed E-state index contributed by atoms with van der Waals surface area (Å²) in [5.41, 5.74) is 1.13. The van der Waals surface area contributed by atoms with Gasteiger partial charge >= 0.3 is 0 Å². The van der Waals surface area contributed by atoms with Crippen LogP contribution in [0.3, 0.4) is 0 Å². The Morgan fingerprint density at radius 3 is 2.40 bits per heavy atom. The summed E-state index contributed by atoms with van der Waals surface area (Å²) in [4.78, 5) is 14.3. The van der Waals surface area contributed by atoms with Gasteiger partial charge in [0.25, 0.3) is 0 Å². The van der Waals surface area contributed by atoms with Gasteiger partial charge in [0.1, 0.15) is 10.7 Å². The zero-order valence-corrected chi connectivity index (χ0v) is 17.9. The van der Waals surface area contributed by atoms with Crippen LogP contribution < -0.4 is 10.2 Å². The van der Waals surface area contributed by atoms with Crippen molar-refractivity contribution in [3.8, 4) is 0 Å². The van der Waals surface area contributed by atoms with Crippen molar-refractivity contribution in [1.29, 1.82) is 0 Å². The minimum absolute atomic E-state index is 0.0414. The number of carbonyl (C=O) groups excluding carboxylic acids is 1. The van der Waals surface area contributed by atoms with Crippen molar-refractivity contribution in [2.75, 3.05) is 38.1 Å². The predicted molar refractivity (Wildman–Crippen MR) is 115 cm³/mol. The van der Waals surface area contributed by atoms with Crippen molar-refractivity contribution in [3.05, 3.63) is 60.4 Å². The SMILES string of the molecule is CN(CCCNC(=O)C1CCN(S(=O)(=O)c2ccccc2F)CC1)c1ccccc1. The number of carbonyl (C=O) groups is 1. The van der Waals surface area contributed by atoms with E-state index in [0.29, 0.717) is 19.4 Å². The van der Waals surface area contributed by atoms with Crippen molar-refractivity contribution >= 4 is 21.6 Å². The average molecular weight is 434 g/mol. The van der Waals surface area contributed by atoms with Crippen molar-refractivity contribution in [3.63, 3.8) is 0 Å². The maximum absolute atomic E-state index is 13.9. The molecule has 0 saturated carbocycles. The van der Waals surface area contributed by atoms with E-state index in [4.69, 9.17) is 0 Å². The number of hydrogen-bond donors (Lipinski definition) is 1. The van der Waals surface area contributed by atoms with Crippen LogP contribution in [0.15, 0.2) is 59.5 Å². The number of hydrogen-bond acceptors (Lipinski definition) is 4. The van der Waals surface area contributed by atoms with E-state index in [1.165, 1.54) is 22.5 Å². The standard InChI is InChI=1S/C22H28FN3O3S/c1-25(19-8-3-2-4-9-19)15-7-14-24-22(27)18-12-16-26(17-13-18)30(28,29)21-11-6-5-10-20(21)23/h2-6,8-11,18H,7,12-17H2,1H3,(H,24,27). The zero-order chi connectivity index (χ0) is 21.6. The molecule has 1 aliphatic heterocycles. The summed E-state index contributed by atoms with van der Waals surface area (Å²) < 4.78 is 40.5. The van der Waals surface area contributed by atoms with Crippen LogP contribution in [0.25, 0.3) is 0 Å². The topological polar surface area (TPSA) is 69.7 Å². The van der Waals surface area contributed by atoms with Crippen molar-refractivity contribution < 1.29 is 17.6 Å². The van der Waals surface area contributed by atoms with E-state index < -0.39 is 15.8 Å². The predicted octanol–water partition coefficient (Wildman–Crippen LogP) is 2.87. The van der Waals surface area contributed by atoms with E-state index in [9.17, 15) is 17.6 Å². The molecule has 2 aromatic rings. The number of nitrogens with zero attached hydrogens (tertiary/aromatic N) is 2. The van der Waals surface area contributed by atoms with E-state index >= 15 is 0 Å². The number of piperidine rings is 1. The molecule has 30 heavy (non-hydrogen) atoms. The molecule has 3 rings (SSSR count). The highest BCUT2D eigenvalue weighted by molar-refractivity contribution is 7.89. The molecule has 1 heterocycles. The molecule has 162 valence electrons. The second-order valence-corrected chi connectivity index (χ2v) is 9.42. The Bertz CT molecular complexity index is 945. The summed E-state index contributed by atoms with van der Waals surface area (Å²) in [6.07, 6.45) is 1.69. The van der Waals surface area contributed by atoms with Gasteiger partial charge in [-0.2, -0.15) is 4.31 Å². The minimum atomic E-state index is -3.88. The van der Waals surface area contributed by atoms with E-state index in [2.05, 4.69) is 10.2 Å². The van der Waals surface area contributed by atoms with Crippen LogP contribution in [-0.4, -0.2) is 51.9 Å². The van der Waals surface area contributed by atoms with Gasteiger partial charge < -0.3 is 10.2 Å². The first-order chi connectivity index (χ1) is 14.4. The van der Waals surface area contributed by atoms with Crippen LogP contribution in [0.5, 0.6) is 0 Å². The molecule has 0 radical (unpaired) electrons. The highest BCUT2D eigenvalue weighted by Gasteiger charge is 2.33. The summed E-state index contributed by atoms with van der Waals surface area (Å²) in [5, 5.41) is 2.96. The third-order valence-electron chi connectivity index (χ3n) is 5.45. The van der Waals surface area contributed by atoms with Crippen molar-refractivity contribution in [1.82, 2.24) is 9.62 Å². The molecule has 0 unspecified atom stereocenters. The normalized spacial score (nSPS) is 15.7. The lowest BCUT2D eigenvalue weighted by Crippen LogP contribution is -2.43. The number of para-hydroxylation sites is 1. The first-order valence-corrected chi connectivity index (χ1v) is 11.6. The molecule has 2 aromatic carbocycles. The highest BCUT2D eigenvalue weighted by atomic mass is 32.2. The Kier molecular flexibility index (Phi) is 7.44. The van der Waals surface area contributed by atoms with Gasteiger partial charge in [-0.3, -0.25) is 4.79 Å². The first-order valence-electron chi connectivity index (χ1n) is 10.2. The van der Waals surface area contributed by atoms with Crippen LogP contribution in [0.4, 0.5) is 10.1 Å². The summed E-state index contributed by atoms with van der Waals surface area (Å²) in [5.74, 6) is -1.01. The van der Waals surface area contributed by atoms with E-state index in [1.54, 1.807) is 0 Å². The molecule has 1 amide bonds. The lowest BCUT2D eigenvalue weighted by atomic mass is 9.97. The minimum Gasteiger partial charge on any atom is -0.375 e. The second-order valence-electron chi connectivity index (χ2n) is 7.51. The van der Waals surface area contributed by atoms with E-state index in [0.717, 1.165) is 24.7 Å². The highest BCUT2D eigenvalue weighted by Crippen LogP contribution is 2.25. The van der Waals surface area contributed by atoms with Gasteiger partial charge in [0.2, 0.25) is 15.9 Å². The van der Waals surface area contributed by atoms with Gasteiger partial charge in [0.15, 0.2) is 0 Å². The van der Waals surface area contributed by atoms with Crippen molar-refractivity contribution in [2.45, 2.75) is 24.2 Å². The molecular weight excluding hydrogens is 405 g/mol. The van der Waals surface area contributed by atoms with Gasteiger partial charge in [-0.15, -0.1) is 0 Å². The van der Waals surface area contributed by atoms with Crippen LogP contribution in [0, 0.1) is 11.7 Å². The molecule has 0 aliphatic carbocycles. The number of rotatable bonds is 8. The first kappa shape index (κ1) is 22.2. The van der Waals surface area contributed by atoms with Crippen LogP contribution in [0.1, 0.15) is 19.3 Å². The smallest absolute Gasteiger partial charge is 0.245 e. The lowest BCUT2D eigenvalue weighted by Gasteiger charge is -2.30. The van der Waals surface area contributed by atoms with Gasteiger partial charge in [0, 0.05) is 44.8 Å². The summed E-state index contributed by atoms with van der Waals surface area (Å²) in [7, 11) is -1.86. The molecule has 1 saturated heterocycles. The zero-order valence-electron chi connectivity index (χ0n) is 17.1. The third-order valence-corrected chi connectivity index (χ3v) is 7.38. The molecule has 1 fully saturated rings. The molecule has 0 aromatic heterocycles. The Balaban J connectivity index is 1.42. The molecule has 0 spiro atoms.